The molecule has 26 heavy (non-hydrogen) atoms. The van der Waals surface area contributed by atoms with Crippen LogP contribution in [0.2, 0.25) is 0 Å². The molecule has 2 heteroatoms. The van der Waals surface area contributed by atoms with Gasteiger partial charge in [-0.3, -0.25) is 0 Å². The molecule has 1 saturated heterocycles. The molecule has 0 radical (unpaired) electrons. The van der Waals surface area contributed by atoms with Crippen LogP contribution in [0, 0.1) is 5.92 Å². The molecule has 1 heterocycles. The van der Waals surface area contributed by atoms with Gasteiger partial charge in [0.05, 0.1) is 6.61 Å². The fourth-order valence-electron chi connectivity index (χ4n) is 3.42. The number of hydrogen-bond donors (Lipinski definition) is 0. The molecule has 0 amide bonds. The van der Waals surface area contributed by atoms with Gasteiger partial charge >= 0.3 is 0 Å². The highest BCUT2D eigenvalue weighted by atomic mass is 16.5. The van der Waals surface area contributed by atoms with E-state index in [-0.39, 0.29) is 0 Å². The van der Waals surface area contributed by atoms with E-state index in [1.54, 1.807) is 0 Å². The summed E-state index contributed by atoms with van der Waals surface area (Å²) < 4.78 is 6.18. The Morgan fingerprint density at radius 2 is 1.62 bits per heavy atom. The summed E-state index contributed by atoms with van der Waals surface area (Å²) >= 11 is 0. The van der Waals surface area contributed by atoms with Gasteiger partial charge in [-0.2, -0.15) is 0 Å². The van der Waals surface area contributed by atoms with Crippen molar-refractivity contribution in [3.63, 3.8) is 0 Å². The monoisotopic (exact) mass is 349 g/mol. The second kappa shape index (κ2) is 10.2. The van der Waals surface area contributed by atoms with Crippen LogP contribution in [0.25, 0.3) is 11.8 Å². The van der Waals surface area contributed by atoms with Crippen LogP contribution in [0.5, 0.6) is 0 Å². The number of hydrogen-bond acceptors (Lipinski definition) is 2. The molecule has 0 unspecified atom stereocenters. The van der Waals surface area contributed by atoms with E-state index in [2.05, 4.69) is 66.4 Å². The second-order valence-electron chi connectivity index (χ2n) is 7.37. The van der Waals surface area contributed by atoms with E-state index in [9.17, 15) is 0 Å². The van der Waals surface area contributed by atoms with Gasteiger partial charge < -0.3 is 9.64 Å². The Morgan fingerprint density at radius 1 is 0.962 bits per heavy atom. The van der Waals surface area contributed by atoms with Gasteiger partial charge in [0.15, 0.2) is 0 Å². The molecule has 0 N–H and O–H groups in total. The molecule has 1 aliphatic heterocycles. The maximum absolute atomic E-state index is 6.18. The Labute approximate surface area is 158 Å². The predicted molar refractivity (Wildman–Crippen MR) is 111 cm³/mol. The lowest BCUT2D eigenvalue weighted by molar-refractivity contribution is 0.182. The van der Waals surface area contributed by atoms with E-state index in [1.807, 2.05) is 12.1 Å². The first-order chi connectivity index (χ1) is 12.8. The van der Waals surface area contributed by atoms with Gasteiger partial charge in [-0.05, 0) is 62.9 Å². The van der Waals surface area contributed by atoms with Gasteiger partial charge in [-0.1, -0.05) is 67.6 Å². The lowest BCUT2D eigenvalue weighted by atomic mass is 9.99. The number of unbranched alkanes of at least 4 members (excludes halogenated alkanes) is 1. The van der Waals surface area contributed by atoms with Crippen molar-refractivity contribution in [2.45, 2.75) is 32.6 Å². The molecule has 0 aromatic heterocycles. The van der Waals surface area contributed by atoms with Crippen LogP contribution in [0.4, 0.5) is 0 Å². The highest BCUT2D eigenvalue weighted by Crippen LogP contribution is 2.20. The van der Waals surface area contributed by atoms with Crippen LogP contribution in [0.1, 0.15) is 43.7 Å². The topological polar surface area (TPSA) is 12.5 Å². The van der Waals surface area contributed by atoms with E-state index >= 15 is 0 Å². The Bertz CT molecular complexity index is 657. The molecule has 0 aliphatic carbocycles. The predicted octanol–water partition coefficient (Wildman–Crippen LogP) is 5.71. The first-order valence-corrected chi connectivity index (χ1v) is 9.98. The van der Waals surface area contributed by atoms with E-state index in [0.29, 0.717) is 0 Å². The van der Waals surface area contributed by atoms with Crippen LogP contribution in [-0.2, 0) is 4.74 Å². The molecule has 0 spiro atoms. The number of benzene rings is 2. The SMILES string of the molecule is CC1CCN(CCCCOC(=Cc2ccccc2)c2ccccc2)CC1. The number of nitrogens with zero attached hydrogens (tertiary/aromatic N) is 1. The van der Waals surface area contributed by atoms with Gasteiger partial charge in [0.25, 0.3) is 0 Å². The first-order valence-electron chi connectivity index (χ1n) is 9.98. The summed E-state index contributed by atoms with van der Waals surface area (Å²) in [6, 6.07) is 20.8. The minimum Gasteiger partial charge on any atom is -0.493 e. The van der Waals surface area contributed by atoms with Crippen LogP contribution in [-0.4, -0.2) is 31.1 Å². The van der Waals surface area contributed by atoms with Crippen LogP contribution < -0.4 is 0 Å². The minimum absolute atomic E-state index is 0.776. The summed E-state index contributed by atoms with van der Waals surface area (Å²) in [5.74, 6) is 1.87. The van der Waals surface area contributed by atoms with Crippen molar-refractivity contribution in [1.29, 1.82) is 0 Å². The highest BCUT2D eigenvalue weighted by Gasteiger charge is 2.14. The third-order valence-corrected chi connectivity index (χ3v) is 5.16. The molecular weight excluding hydrogens is 318 g/mol. The molecule has 3 rings (SSSR count). The quantitative estimate of drug-likeness (QED) is 0.344. The van der Waals surface area contributed by atoms with Crippen molar-refractivity contribution in [3.05, 3.63) is 71.8 Å². The summed E-state index contributed by atoms with van der Waals surface area (Å²) in [5.41, 5.74) is 2.31. The van der Waals surface area contributed by atoms with Gasteiger partial charge in [-0.15, -0.1) is 0 Å². The van der Waals surface area contributed by atoms with Crippen LogP contribution in [0.3, 0.4) is 0 Å². The van der Waals surface area contributed by atoms with Gasteiger partial charge in [0.2, 0.25) is 0 Å². The largest absolute Gasteiger partial charge is 0.493 e. The lowest BCUT2D eigenvalue weighted by Gasteiger charge is -2.30. The van der Waals surface area contributed by atoms with Gasteiger partial charge in [0.1, 0.15) is 5.76 Å². The third-order valence-electron chi connectivity index (χ3n) is 5.16. The molecule has 2 nitrogen and oxygen atoms in total. The highest BCUT2D eigenvalue weighted by molar-refractivity contribution is 5.77. The Balaban J connectivity index is 1.50. The molecule has 2 aromatic carbocycles. The molecule has 0 bridgehead atoms. The van der Waals surface area contributed by atoms with Crippen molar-refractivity contribution >= 4 is 11.8 Å². The smallest absolute Gasteiger partial charge is 0.127 e. The van der Waals surface area contributed by atoms with Crippen molar-refractivity contribution in [1.82, 2.24) is 4.90 Å². The normalized spacial score (nSPS) is 16.6. The number of rotatable bonds is 8. The number of ether oxygens (including phenoxy) is 1. The van der Waals surface area contributed by atoms with E-state index in [0.717, 1.165) is 30.3 Å². The molecule has 0 atom stereocenters. The van der Waals surface area contributed by atoms with Crippen molar-refractivity contribution in [3.8, 4) is 0 Å². The molecule has 1 aliphatic rings. The zero-order valence-corrected chi connectivity index (χ0v) is 15.9. The third kappa shape index (κ3) is 6.03. The average molecular weight is 350 g/mol. The number of likely N-dealkylation sites (tertiary alicyclic amines) is 1. The van der Waals surface area contributed by atoms with E-state index < -0.39 is 0 Å². The zero-order valence-electron chi connectivity index (χ0n) is 15.9. The first kappa shape index (κ1) is 18.7. The average Bonchev–Trinajstić information content (AvgIpc) is 2.70. The van der Waals surface area contributed by atoms with Crippen molar-refractivity contribution in [2.24, 2.45) is 5.92 Å². The van der Waals surface area contributed by atoms with Crippen molar-refractivity contribution in [2.75, 3.05) is 26.2 Å². The summed E-state index contributed by atoms with van der Waals surface area (Å²) in [4.78, 5) is 2.61. The van der Waals surface area contributed by atoms with Crippen LogP contribution in [0.15, 0.2) is 60.7 Å². The van der Waals surface area contributed by atoms with E-state index in [1.165, 1.54) is 44.5 Å². The standard InChI is InChI=1S/C24H31NO/c1-21-14-17-25(18-15-21)16-8-9-19-26-24(23-12-6-3-7-13-23)20-22-10-4-2-5-11-22/h2-7,10-13,20-21H,8-9,14-19H2,1H3. The van der Waals surface area contributed by atoms with Crippen LogP contribution >= 0.6 is 0 Å². The molecule has 138 valence electrons. The Hall–Kier alpha value is -2.06. The fourth-order valence-corrected chi connectivity index (χ4v) is 3.42. The minimum atomic E-state index is 0.776. The van der Waals surface area contributed by atoms with Gasteiger partial charge in [-0.25, -0.2) is 0 Å². The summed E-state index contributed by atoms with van der Waals surface area (Å²) in [5, 5.41) is 0. The number of piperidine rings is 1. The fraction of sp³-hybridized carbons (Fsp3) is 0.417. The summed E-state index contributed by atoms with van der Waals surface area (Å²) in [7, 11) is 0. The Morgan fingerprint density at radius 3 is 2.31 bits per heavy atom. The van der Waals surface area contributed by atoms with Crippen molar-refractivity contribution < 1.29 is 4.74 Å². The molecule has 0 saturated carbocycles. The Kier molecular flexibility index (Phi) is 7.33. The maximum atomic E-state index is 6.18. The van der Waals surface area contributed by atoms with E-state index in [4.69, 9.17) is 4.74 Å². The molecule has 2 aromatic rings. The van der Waals surface area contributed by atoms with Gasteiger partial charge in [0, 0.05) is 5.56 Å². The summed E-state index contributed by atoms with van der Waals surface area (Å²) in [6.07, 6.45) is 7.16. The molecule has 1 fully saturated rings. The summed E-state index contributed by atoms with van der Waals surface area (Å²) in [6.45, 7) is 6.89. The second-order valence-corrected chi connectivity index (χ2v) is 7.37. The molecular formula is C24H31NO. The zero-order chi connectivity index (χ0) is 18.0. The maximum Gasteiger partial charge on any atom is 0.127 e. The lowest BCUT2D eigenvalue weighted by Crippen LogP contribution is -2.33.